The molecule has 1 atom stereocenters. The van der Waals surface area contributed by atoms with Gasteiger partial charge in [-0.3, -0.25) is 0 Å². The summed E-state index contributed by atoms with van der Waals surface area (Å²) >= 11 is 0. The zero-order chi connectivity index (χ0) is 14.4. The van der Waals surface area contributed by atoms with Crippen molar-refractivity contribution in [2.75, 3.05) is 26.2 Å². The van der Waals surface area contributed by atoms with Crippen molar-refractivity contribution >= 4 is 0 Å². The van der Waals surface area contributed by atoms with Crippen LogP contribution in [0.2, 0.25) is 0 Å². The molecule has 20 heavy (non-hydrogen) atoms. The first-order valence-electron chi connectivity index (χ1n) is 7.59. The summed E-state index contributed by atoms with van der Waals surface area (Å²) in [6.07, 6.45) is 2.46. The molecule has 0 radical (unpaired) electrons. The van der Waals surface area contributed by atoms with Crippen LogP contribution < -0.4 is 5.32 Å². The van der Waals surface area contributed by atoms with Crippen molar-refractivity contribution in [2.24, 2.45) is 0 Å². The Kier molecular flexibility index (Phi) is 5.95. The van der Waals surface area contributed by atoms with Crippen LogP contribution in [0.5, 0.6) is 0 Å². The van der Waals surface area contributed by atoms with Gasteiger partial charge in [-0.25, -0.2) is 4.39 Å². The SMILES string of the molecule is CCNC(CCN1CCC(O)CC1)c1ccccc1F. The first-order valence-corrected chi connectivity index (χ1v) is 7.59. The summed E-state index contributed by atoms with van der Waals surface area (Å²) in [6, 6.07) is 7.07. The van der Waals surface area contributed by atoms with Crippen molar-refractivity contribution in [3.8, 4) is 0 Å². The molecule has 3 nitrogen and oxygen atoms in total. The molecule has 0 aromatic heterocycles. The van der Waals surface area contributed by atoms with Crippen LogP contribution in [0.4, 0.5) is 4.39 Å². The number of hydrogen-bond acceptors (Lipinski definition) is 3. The van der Waals surface area contributed by atoms with Gasteiger partial charge in [-0.15, -0.1) is 0 Å². The van der Waals surface area contributed by atoms with Crippen LogP contribution >= 0.6 is 0 Å². The van der Waals surface area contributed by atoms with Gasteiger partial charge in [0.1, 0.15) is 5.82 Å². The third-order valence-corrected chi connectivity index (χ3v) is 4.02. The lowest BCUT2D eigenvalue weighted by molar-refractivity contribution is 0.0806. The normalized spacial score (nSPS) is 19.1. The second-order valence-electron chi connectivity index (χ2n) is 5.49. The lowest BCUT2D eigenvalue weighted by atomic mass is 10.0. The van der Waals surface area contributed by atoms with E-state index in [4.69, 9.17) is 0 Å². The molecule has 1 unspecified atom stereocenters. The summed E-state index contributed by atoms with van der Waals surface area (Å²) in [6.45, 7) is 5.70. The van der Waals surface area contributed by atoms with E-state index in [1.807, 2.05) is 19.1 Å². The summed E-state index contributed by atoms with van der Waals surface area (Å²) < 4.78 is 13.9. The molecule has 1 saturated heterocycles. The molecule has 1 fully saturated rings. The first kappa shape index (κ1) is 15.4. The molecule has 0 spiro atoms. The largest absolute Gasteiger partial charge is 0.393 e. The summed E-state index contributed by atoms with van der Waals surface area (Å²) in [5, 5.41) is 12.9. The van der Waals surface area contributed by atoms with Gasteiger partial charge >= 0.3 is 0 Å². The van der Waals surface area contributed by atoms with Gasteiger partial charge in [0.15, 0.2) is 0 Å². The average Bonchev–Trinajstić information content (AvgIpc) is 2.46. The van der Waals surface area contributed by atoms with E-state index in [1.165, 1.54) is 6.07 Å². The number of halogens is 1. The smallest absolute Gasteiger partial charge is 0.127 e. The maximum atomic E-state index is 13.9. The zero-order valence-corrected chi connectivity index (χ0v) is 12.2. The van der Waals surface area contributed by atoms with Gasteiger partial charge in [-0.1, -0.05) is 25.1 Å². The van der Waals surface area contributed by atoms with Crippen LogP contribution in [0.1, 0.15) is 37.8 Å². The van der Waals surface area contributed by atoms with Crippen molar-refractivity contribution in [1.29, 1.82) is 0 Å². The number of aliphatic hydroxyl groups excluding tert-OH is 1. The lowest BCUT2D eigenvalue weighted by Crippen LogP contribution is -2.37. The molecule has 0 aliphatic carbocycles. The third-order valence-electron chi connectivity index (χ3n) is 4.02. The summed E-state index contributed by atoms with van der Waals surface area (Å²) in [5.41, 5.74) is 0.756. The fraction of sp³-hybridized carbons (Fsp3) is 0.625. The Morgan fingerprint density at radius 3 is 2.70 bits per heavy atom. The Bertz CT molecular complexity index is 405. The predicted molar refractivity (Wildman–Crippen MR) is 79.1 cm³/mol. The summed E-state index contributed by atoms with van der Waals surface area (Å²) in [7, 11) is 0. The summed E-state index contributed by atoms with van der Waals surface area (Å²) in [4.78, 5) is 2.36. The first-order chi connectivity index (χ1) is 9.70. The minimum absolute atomic E-state index is 0.0630. The molecule has 0 amide bonds. The van der Waals surface area contributed by atoms with Crippen molar-refractivity contribution < 1.29 is 9.50 Å². The molecular formula is C16H25FN2O. The van der Waals surface area contributed by atoms with Crippen molar-refractivity contribution in [3.05, 3.63) is 35.6 Å². The number of nitrogens with one attached hydrogen (secondary N) is 1. The van der Waals surface area contributed by atoms with Gasteiger partial charge in [0.05, 0.1) is 6.10 Å². The highest BCUT2D eigenvalue weighted by Crippen LogP contribution is 2.21. The standard InChI is InChI=1S/C16H25FN2O/c1-2-18-16(14-5-3-4-6-15(14)17)9-12-19-10-7-13(20)8-11-19/h3-6,13,16,18,20H,2,7-12H2,1H3. The molecule has 112 valence electrons. The molecule has 2 N–H and O–H groups in total. The van der Waals surface area contributed by atoms with Crippen LogP contribution in [0.25, 0.3) is 0 Å². The molecule has 4 heteroatoms. The van der Waals surface area contributed by atoms with Gasteiger partial charge in [0.2, 0.25) is 0 Å². The molecule has 1 aliphatic rings. The number of nitrogens with zero attached hydrogens (tertiary/aromatic N) is 1. The van der Waals surface area contributed by atoms with E-state index in [0.29, 0.717) is 0 Å². The molecule has 0 saturated carbocycles. The summed E-state index contributed by atoms with van der Waals surface area (Å²) in [5.74, 6) is -0.132. The maximum Gasteiger partial charge on any atom is 0.127 e. The highest BCUT2D eigenvalue weighted by atomic mass is 19.1. The molecule has 2 rings (SSSR count). The quantitative estimate of drug-likeness (QED) is 0.839. The van der Waals surface area contributed by atoms with E-state index in [2.05, 4.69) is 10.2 Å². The predicted octanol–water partition coefficient (Wildman–Crippen LogP) is 2.32. The molecule has 1 aliphatic heterocycles. The fourth-order valence-electron chi connectivity index (χ4n) is 2.83. The third kappa shape index (κ3) is 4.27. The molecule has 1 aromatic rings. The molecular weight excluding hydrogens is 255 g/mol. The Labute approximate surface area is 120 Å². The van der Waals surface area contributed by atoms with Crippen LogP contribution in [0.3, 0.4) is 0 Å². The number of aliphatic hydroxyl groups is 1. The molecule has 0 bridgehead atoms. The van der Waals surface area contributed by atoms with E-state index >= 15 is 0 Å². The molecule has 1 heterocycles. The Morgan fingerprint density at radius 2 is 2.05 bits per heavy atom. The maximum absolute atomic E-state index is 13.9. The number of piperidine rings is 1. The highest BCUT2D eigenvalue weighted by molar-refractivity contribution is 5.21. The van der Waals surface area contributed by atoms with Gasteiger partial charge in [-0.2, -0.15) is 0 Å². The van der Waals surface area contributed by atoms with Crippen molar-refractivity contribution in [3.63, 3.8) is 0 Å². The van der Waals surface area contributed by atoms with Gasteiger partial charge < -0.3 is 15.3 Å². The second kappa shape index (κ2) is 7.72. The fourth-order valence-corrected chi connectivity index (χ4v) is 2.83. The average molecular weight is 280 g/mol. The Morgan fingerprint density at radius 1 is 1.35 bits per heavy atom. The number of likely N-dealkylation sites (tertiary alicyclic amines) is 1. The number of benzene rings is 1. The monoisotopic (exact) mass is 280 g/mol. The van der Waals surface area contributed by atoms with E-state index in [-0.39, 0.29) is 18.0 Å². The topological polar surface area (TPSA) is 35.5 Å². The van der Waals surface area contributed by atoms with Gasteiger partial charge in [0.25, 0.3) is 0 Å². The van der Waals surface area contributed by atoms with Crippen LogP contribution in [0, 0.1) is 5.82 Å². The zero-order valence-electron chi connectivity index (χ0n) is 12.2. The Balaban J connectivity index is 1.91. The van der Waals surface area contributed by atoms with Gasteiger partial charge in [0, 0.05) is 24.7 Å². The van der Waals surface area contributed by atoms with E-state index in [9.17, 15) is 9.50 Å². The van der Waals surface area contributed by atoms with Gasteiger partial charge in [-0.05, 0) is 38.4 Å². The van der Waals surface area contributed by atoms with Crippen LogP contribution in [-0.4, -0.2) is 42.3 Å². The Hall–Kier alpha value is -0.970. The number of rotatable bonds is 6. The van der Waals surface area contributed by atoms with Crippen molar-refractivity contribution in [2.45, 2.75) is 38.3 Å². The van der Waals surface area contributed by atoms with E-state index < -0.39 is 0 Å². The minimum atomic E-state index is -0.137. The molecule has 1 aromatic carbocycles. The van der Waals surface area contributed by atoms with Crippen LogP contribution in [-0.2, 0) is 0 Å². The van der Waals surface area contributed by atoms with Crippen molar-refractivity contribution in [1.82, 2.24) is 10.2 Å². The van der Waals surface area contributed by atoms with E-state index in [0.717, 1.165) is 51.0 Å². The lowest BCUT2D eigenvalue weighted by Gasteiger charge is -2.31. The number of hydrogen-bond donors (Lipinski definition) is 2. The van der Waals surface area contributed by atoms with E-state index in [1.54, 1.807) is 6.07 Å². The minimum Gasteiger partial charge on any atom is -0.393 e. The second-order valence-corrected chi connectivity index (χ2v) is 5.49. The highest BCUT2D eigenvalue weighted by Gasteiger charge is 2.19. The van der Waals surface area contributed by atoms with Crippen LogP contribution in [0.15, 0.2) is 24.3 Å².